The molecule has 1 fully saturated rings. The fourth-order valence-corrected chi connectivity index (χ4v) is 2.33. The molecule has 0 aromatic rings. The monoisotopic (exact) mass is 160 g/mol. The standard InChI is InChI=1S/C7H16N2S/c1-9(2)6-4-8-5-7(6)10-3/h6-8H,4-5H2,1-3H3/t6-,7-/m1/s1. The van der Waals surface area contributed by atoms with Crippen LogP contribution in [0.3, 0.4) is 0 Å². The highest BCUT2D eigenvalue weighted by atomic mass is 32.2. The Bertz CT molecular complexity index is 106. The first-order chi connectivity index (χ1) is 4.75. The van der Waals surface area contributed by atoms with Crippen LogP contribution < -0.4 is 5.32 Å². The van der Waals surface area contributed by atoms with E-state index < -0.39 is 0 Å². The van der Waals surface area contributed by atoms with E-state index in [1.807, 2.05) is 11.8 Å². The van der Waals surface area contributed by atoms with E-state index >= 15 is 0 Å². The summed E-state index contributed by atoms with van der Waals surface area (Å²) in [5, 5.41) is 4.18. The molecule has 0 unspecified atom stereocenters. The molecular weight excluding hydrogens is 144 g/mol. The maximum absolute atomic E-state index is 3.39. The minimum Gasteiger partial charge on any atom is -0.314 e. The van der Waals surface area contributed by atoms with Gasteiger partial charge in [0.2, 0.25) is 0 Å². The number of nitrogens with zero attached hydrogens (tertiary/aromatic N) is 1. The quantitative estimate of drug-likeness (QED) is 0.623. The Morgan fingerprint density at radius 1 is 1.40 bits per heavy atom. The zero-order chi connectivity index (χ0) is 7.56. The summed E-state index contributed by atoms with van der Waals surface area (Å²) < 4.78 is 0. The Hall–Kier alpha value is 0.270. The van der Waals surface area contributed by atoms with Gasteiger partial charge in [0, 0.05) is 24.4 Å². The van der Waals surface area contributed by atoms with Gasteiger partial charge in [-0.1, -0.05) is 0 Å². The average molecular weight is 160 g/mol. The summed E-state index contributed by atoms with van der Waals surface area (Å²) in [5.41, 5.74) is 0. The van der Waals surface area contributed by atoms with E-state index in [2.05, 4.69) is 30.6 Å². The van der Waals surface area contributed by atoms with Crippen molar-refractivity contribution in [3.63, 3.8) is 0 Å². The molecule has 1 aliphatic rings. The SMILES string of the molecule is CS[C@@H]1CNC[C@H]1N(C)C. The molecule has 0 aliphatic carbocycles. The van der Waals surface area contributed by atoms with Gasteiger partial charge in [-0.2, -0.15) is 11.8 Å². The van der Waals surface area contributed by atoms with Crippen molar-refractivity contribution in [1.82, 2.24) is 10.2 Å². The molecule has 0 aromatic heterocycles. The smallest absolute Gasteiger partial charge is 0.0345 e. The Kier molecular flexibility index (Phi) is 3.01. The van der Waals surface area contributed by atoms with Gasteiger partial charge >= 0.3 is 0 Å². The lowest BCUT2D eigenvalue weighted by atomic mass is 10.2. The van der Waals surface area contributed by atoms with Crippen LogP contribution in [0.5, 0.6) is 0 Å². The Labute approximate surface area is 67.4 Å². The second-order valence-corrected chi connectivity index (χ2v) is 4.04. The first-order valence-electron chi connectivity index (χ1n) is 3.65. The van der Waals surface area contributed by atoms with Crippen LogP contribution in [0.25, 0.3) is 0 Å². The van der Waals surface area contributed by atoms with Gasteiger partial charge in [0.05, 0.1) is 0 Å². The van der Waals surface area contributed by atoms with Crippen LogP contribution in [0.1, 0.15) is 0 Å². The minimum absolute atomic E-state index is 0.731. The number of thioether (sulfide) groups is 1. The maximum Gasteiger partial charge on any atom is 0.0345 e. The molecule has 0 spiro atoms. The molecule has 1 N–H and O–H groups in total. The largest absolute Gasteiger partial charge is 0.314 e. The number of nitrogens with one attached hydrogen (secondary N) is 1. The van der Waals surface area contributed by atoms with Crippen LogP contribution in [0.2, 0.25) is 0 Å². The van der Waals surface area contributed by atoms with Crippen molar-refractivity contribution in [1.29, 1.82) is 0 Å². The van der Waals surface area contributed by atoms with Crippen LogP contribution in [-0.4, -0.2) is 49.6 Å². The van der Waals surface area contributed by atoms with Gasteiger partial charge in [-0.3, -0.25) is 0 Å². The van der Waals surface area contributed by atoms with Crippen LogP contribution in [0.4, 0.5) is 0 Å². The lowest BCUT2D eigenvalue weighted by Gasteiger charge is -2.23. The van der Waals surface area contributed by atoms with Crippen LogP contribution in [-0.2, 0) is 0 Å². The van der Waals surface area contributed by atoms with Gasteiger partial charge in [0.25, 0.3) is 0 Å². The summed E-state index contributed by atoms with van der Waals surface area (Å²) in [4.78, 5) is 2.31. The summed E-state index contributed by atoms with van der Waals surface area (Å²) >= 11 is 1.96. The zero-order valence-electron chi connectivity index (χ0n) is 6.92. The lowest BCUT2D eigenvalue weighted by Crippen LogP contribution is -2.36. The molecule has 10 heavy (non-hydrogen) atoms. The van der Waals surface area contributed by atoms with Crippen molar-refractivity contribution in [2.75, 3.05) is 33.4 Å². The second-order valence-electron chi connectivity index (χ2n) is 2.96. The highest BCUT2D eigenvalue weighted by molar-refractivity contribution is 7.99. The summed E-state index contributed by atoms with van der Waals surface area (Å²) in [5.74, 6) is 0. The van der Waals surface area contributed by atoms with E-state index in [1.165, 1.54) is 6.54 Å². The average Bonchev–Trinajstić information content (AvgIpc) is 2.33. The van der Waals surface area contributed by atoms with Crippen molar-refractivity contribution < 1.29 is 0 Å². The molecule has 2 atom stereocenters. The van der Waals surface area contributed by atoms with Gasteiger partial charge in [-0.05, 0) is 20.4 Å². The highest BCUT2D eigenvalue weighted by Crippen LogP contribution is 2.17. The molecule has 1 aliphatic heterocycles. The lowest BCUT2D eigenvalue weighted by molar-refractivity contribution is 0.318. The van der Waals surface area contributed by atoms with Gasteiger partial charge in [-0.25, -0.2) is 0 Å². The molecule has 0 saturated carbocycles. The third-order valence-corrected chi connectivity index (χ3v) is 3.18. The molecule has 1 heterocycles. The molecule has 0 radical (unpaired) electrons. The first-order valence-corrected chi connectivity index (χ1v) is 4.94. The minimum atomic E-state index is 0.731. The summed E-state index contributed by atoms with van der Waals surface area (Å²) in [6.07, 6.45) is 2.19. The van der Waals surface area contributed by atoms with Crippen LogP contribution in [0, 0.1) is 0 Å². The summed E-state index contributed by atoms with van der Waals surface area (Å²) in [6, 6.07) is 0.731. The third-order valence-electron chi connectivity index (χ3n) is 2.09. The predicted octanol–water partition coefficient (Wildman–Crippen LogP) is 0.251. The zero-order valence-corrected chi connectivity index (χ0v) is 7.74. The van der Waals surface area contributed by atoms with Crippen molar-refractivity contribution in [2.24, 2.45) is 0 Å². The third kappa shape index (κ3) is 1.65. The normalized spacial score (nSPS) is 33.6. The van der Waals surface area contributed by atoms with Crippen LogP contribution in [0.15, 0.2) is 0 Å². The van der Waals surface area contributed by atoms with Crippen molar-refractivity contribution in [3.05, 3.63) is 0 Å². The molecule has 0 amide bonds. The van der Waals surface area contributed by atoms with Crippen molar-refractivity contribution in [3.8, 4) is 0 Å². The first kappa shape index (κ1) is 8.37. The molecule has 0 bridgehead atoms. The molecule has 1 saturated heterocycles. The Balaban J connectivity index is 2.42. The van der Waals surface area contributed by atoms with E-state index in [0.29, 0.717) is 0 Å². The number of rotatable bonds is 2. The molecule has 1 rings (SSSR count). The summed E-state index contributed by atoms with van der Waals surface area (Å²) in [7, 11) is 4.31. The molecule has 60 valence electrons. The highest BCUT2D eigenvalue weighted by Gasteiger charge is 2.27. The maximum atomic E-state index is 3.39. The van der Waals surface area contributed by atoms with Gasteiger partial charge in [0.1, 0.15) is 0 Å². The van der Waals surface area contributed by atoms with Gasteiger partial charge < -0.3 is 10.2 Å². The molecular formula is C7H16N2S. The van der Waals surface area contributed by atoms with E-state index in [1.54, 1.807) is 0 Å². The predicted molar refractivity (Wildman–Crippen MR) is 47.6 cm³/mol. The van der Waals surface area contributed by atoms with E-state index in [0.717, 1.165) is 17.8 Å². The van der Waals surface area contributed by atoms with Gasteiger partial charge in [0.15, 0.2) is 0 Å². The second kappa shape index (κ2) is 3.60. The van der Waals surface area contributed by atoms with Crippen molar-refractivity contribution in [2.45, 2.75) is 11.3 Å². The van der Waals surface area contributed by atoms with Gasteiger partial charge in [-0.15, -0.1) is 0 Å². The van der Waals surface area contributed by atoms with E-state index in [-0.39, 0.29) is 0 Å². The topological polar surface area (TPSA) is 15.3 Å². The van der Waals surface area contributed by atoms with Crippen molar-refractivity contribution >= 4 is 11.8 Å². The molecule has 2 nitrogen and oxygen atoms in total. The van der Waals surface area contributed by atoms with Crippen LogP contribution >= 0.6 is 11.8 Å². The number of hydrogen-bond acceptors (Lipinski definition) is 3. The Morgan fingerprint density at radius 2 is 2.10 bits per heavy atom. The molecule has 0 aromatic carbocycles. The summed E-state index contributed by atoms with van der Waals surface area (Å²) in [6.45, 7) is 2.32. The number of likely N-dealkylation sites (N-methyl/N-ethyl adjacent to an activating group) is 1. The fraction of sp³-hybridized carbons (Fsp3) is 1.00. The van der Waals surface area contributed by atoms with E-state index in [9.17, 15) is 0 Å². The molecule has 3 heteroatoms. The Morgan fingerprint density at radius 3 is 2.50 bits per heavy atom. The number of hydrogen-bond donors (Lipinski definition) is 1. The van der Waals surface area contributed by atoms with E-state index in [4.69, 9.17) is 0 Å². The fourth-order valence-electron chi connectivity index (χ4n) is 1.40.